The molecule has 0 radical (unpaired) electrons. The number of nitrogens with one attached hydrogen (secondary N) is 1. The molecular formula is C17H28N2O. The van der Waals surface area contributed by atoms with Crippen LogP contribution in [-0.2, 0) is 6.54 Å². The Morgan fingerprint density at radius 3 is 2.45 bits per heavy atom. The molecule has 0 saturated carbocycles. The molecule has 3 heteroatoms. The fourth-order valence-electron chi connectivity index (χ4n) is 3.08. The maximum absolute atomic E-state index is 9.41. The Kier molecular flexibility index (Phi) is 6.02. The molecule has 1 saturated heterocycles. The zero-order valence-electron chi connectivity index (χ0n) is 12.8. The van der Waals surface area contributed by atoms with Crippen LogP contribution in [-0.4, -0.2) is 41.3 Å². The van der Waals surface area contributed by atoms with Gasteiger partial charge in [0.25, 0.3) is 0 Å². The molecule has 0 aromatic heterocycles. The first-order chi connectivity index (χ1) is 9.63. The predicted molar refractivity (Wildman–Crippen MR) is 83.6 cm³/mol. The number of nitrogens with zero attached hydrogens (tertiary/aromatic N) is 1. The van der Waals surface area contributed by atoms with Gasteiger partial charge >= 0.3 is 0 Å². The van der Waals surface area contributed by atoms with E-state index in [9.17, 15) is 5.11 Å². The second-order valence-corrected chi connectivity index (χ2v) is 6.19. The van der Waals surface area contributed by atoms with Gasteiger partial charge in [0.2, 0.25) is 0 Å². The summed E-state index contributed by atoms with van der Waals surface area (Å²) in [6, 6.07) is 11.7. The van der Waals surface area contributed by atoms with Gasteiger partial charge in [-0.1, -0.05) is 30.3 Å². The third-order valence-electron chi connectivity index (χ3n) is 4.05. The minimum absolute atomic E-state index is 0.212. The summed E-state index contributed by atoms with van der Waals surface area (Å²) in [5.74, 6) is 0. The van der Waals surface area contributed by atoms with Crippen LogP contribution in [0.4, 0.5) is 0 Å². The van der Waals surface area contributed by atoms with Crippen molar-refractivity contribution in [1.82, 2.24) is 10.2 Å². The highest BCUT2D eigenvalue weighted by atomic mass is 16.3. The monoisotopic (exact) mass is 276 g/mol. The summed E-state index contributed by atoms with van der Waals surface area (Å²) >= 11 is 0. The minimum atomic E-state index is -0.212. The van der Waals surface area contributed by atoms with E-state index >= 15 is 0 Å². The van der Waals surface area contributed by atoms with Crippen molar-refractivity contribution in [2.45, 2.75) is 57.8 Å². The van der Waals surface area contributed by atoms with E-state index in [1.165, 1.54) is 18.4 Å². The Bertz CT molecular complexity index is 372. The number of benzene rings is 1. The highest BCUT2D eigenvalue weighted by Gasteiger charge is 2.20. The van der Waals surface area contributed by atoms with Crippen molar-refractivity contribution in [3.63, 3.8) is 0 Å². The van der Waals surface area contributed by atoms with Gasteiger partial charge in [0.1, 0.15) is 0 Å². The zero-order chi connectivity index (χ0) is 14.4. The molecule has 0 bridgehead atoms. The van der Waals surface area contributed by atoms with Crippen LogP contribution in [0.5, 0.6) is 0 Å². The van der Waals surface area contributed by atoms with Gasteiger partial charge in [-0.3, -0.25) is 4.90 Å². The van der Waals surface area contributed by atoms with Crippen LogP contribution in [0.25, 0.3) is 0 Å². The average molecular weight is 276 g/mol. The van der Waals surface area contributed by atoms with E-state index in [2.05, 4.69) is 47.5 Å². The van der Waals surface area contributed by atoms with Crippen molar-refractivity contribution in [2.24, 2.45) is 0 Å². The fourth-order valence-corrected chi connectivity index (χ4v) is 3.08. The van der Waals surface area contributed by atoms with Gasteiger partial charge in [-0.25, -0.2) is 0 Å². The summed E-state index contributed by atoms with van der Waals surface area (Å²) < 4.78 is 0. The van der Waals surface area contributed by atoms with Crippen LogP contribution in [0.15, 0.2) is 30.3 Å². The number of piperidine rings is 1. The molecule has 1 aliphatic rings. The van der Waals surface area contributed by atoms with Gasteiger partial charge in [-0.2, -0.15) is 0 Å². The average Bonchev–Trinajstić information content (AvgIpc) is 2.41. The maximum Gasteiger partial charge on any atom is 0.0526 e. The van der Waals surface area contributed by atoms with Crippen molar-refractivity contribution in [2.75, 3.05) is 13.1 Å². The first-order valence-corrected chi connectivity index (χ1v) is 7.84. The molecular weight excluding hydrogens is 248 g/mol. The third kappa shape index (κ3) is 5.23. The van der Waals surface area contributed by atoms with E-state index in [-0.39, 0.29) is 6.10 Å². The topological polar surface area (TPSA) is 35.5 Å². The summed E-state index contributed by atoms with van der Waals surface area (Å²) in [6.45, 7) is 7.42. The molecule has 2 unspecified atom stereocenters. The Balaban J connectivity index is 1.70. The van der Waals surface area contributed by atoms with Gasteiger partial charge in [0.05, 0.1) is 6.10 Å². The van der Waals surface area contributed by atoms with E-state index in [0.717, 1.165) is 26.1 Å². The number of hydrogen-bond acceptors (Lipinski definition) is 3. The Morgan fingerprint density at radius 2 is 1.85 bits per heavy atom. The molecule has 2 N–H and O–H groups in total. The fraction of sp³-hybridized carbons (Fsp3) is 0.647. The van der Waals surface area contributed by atoms with Crippen molar-refractivity contribution < 1.29 is 5.11 Å². The number of likely N-dealkylation sites (tertiary alicyclic amines) is 1. The van der Waals surface area contributed by atoms with Crippen LogP contribution in [0.3, 0.4) is 0 Å². The Hall–Kier alpha value is -0.900. The van der Waals surface area contributed by atoms with Crippen molar-refractivity contribution >= 4 is 0 Å². The molecule has 1 aliphatic heterocycles. The second-order valence-electron chi connectivity index (χ2n) is 6.19. The predicted octanol–water partition coefficient (Wildman–Crippen LogP) is 2.40. The van der Waals surface area contributed by atoms with Crippen LogP contribution < -0.4 is 5.32 Å². The molecule has 1 heterocycles. The minimum Gasteiger partial charge on any atom is -0.393 e. The summed E-state index contributed by atoms with van der Waals surface area (Å²) in [5, 5.41) is 13.1. The highest BCUT2D eigenvalue weighted by Crippen LogP contribution is 2.14. The molecule has 1 aromatic rings. The van der Waals surface area contributed by atoms with Crippen LogP contribution >= 0.6 is 0 Å². The first-order valence-electron chi connectivity index (χ1n) is 7.84. The largest absolute Gasteiger partial charge is 0.393 e. The Morgan fingerprint density at radius 1 is 1.20 bits per heavy atom. The lowest BCUT2D eigenvalue weighted by Crippen LogP contribution is -2.45. The number of hydrogen-bond donors (Lipinski definition) is 2. The molecule has 1 aromatic carbocycles. The number of aliphatic hydroxyl groups is 1. The smallest absolute Gasteiger partial charge is 0.0526 e. The normalized spacial score (nSPS) is 20.8. The molecule has 112 valence electrons. The number of rotatable bonds is 6. The molecule has 20 heavy (non-hydrogen) atoms. The summed E-state index contributed by atoms with van der Waals surface area (Å²) in [6.07, 6.45) is 3.04. The second kappa shape index (κ2) is 7.77. The molecule has 3 nitrogen and oxygen atoms in total. The lowest BCUT2D eigenvalue weighted by molar-refractivity contribution is 0.152. The van der Waals surface area contributed by atoms with Gasteiger partial charge in [-0.05, 0) is 51.8 Å². The van der Waals surface area contributed by atoms with Crippen molar-refractivity contribution in [1.29, 1.82) is 0 Å². The van der Waals surface area contributed by atoms with E-state index in [1.807, 2.05) is 6.92 Å². The summed E-state index contributed by atoms with van der Waals surface area (Å²) in [4.78, 5) is 2.53. The SMILES string of the molecule is CC(O)CC(C)NC1CCN(Cc2ccccc2)CC1. The van der Waals surface area contributed by atoms with Gasteiger partial charge < -0.3 is 10.4 Å². The molecule has 0 aliphatic carbocycles. The Labute approximate surface area is 123 Å². The van der Waals surface area contributed by atoms with E-state index < -0.39 is 0 Å². The molecule has 2 rings (SSSR count). The zero-order valence-corrected chi connectivity index (χ0v) is 12.8. The first kappa shape index (κ1) is 15.5. The third-order valence-corrected chi connectivity index (χ3v) is 4.05. The molecule has 2 atom stereocenters. The molecule has 0 amide bonds. The molecule has 1 fully saturated rings. The van der Waals surface area contributed by atoms with E-state index in [0.29, 0.717) is 12.1 Å². The molecule has 0 spiro atoms. The standard InChI is InChI=1S/C17H28N2O/c1-14(12-15(2)20)18-17-8-10-19(11-9-17)13-16-6-4-3-5-7-16/h3-7,14-15,17-18,20H,8-13H2,1-2H3. The van der Waals surface area contributed by atoms with Gasteiger partial charge in [0, 0.05) is 18.6 Å². The van der Waals surface area contributed by atoms with Gasteiger partial charge in [-0.15, -0.1) is 0 Å². The number of aliphatic hydroxyl groups excluding tert-OH is 1. The quantitative estimate of drug-likeness (QED) is 0.837. The lowest BCUT2D eigenvalue weighted by atomic mass is 10.0. The van der Waals surface area contributed by atoms with Crippen molar-refractivity contribution in [3.8, 4) is 0 Å². The summed E-state index contributed by atoms with van der Waals surface area (Å²) in [7, 11) is 0. The van der Waals surface area contributed by atoms with Crippen LogP contribution in [0, 0.1) is 0 Å². The van der Waals surface area contributed by atoms with Crippen molar-refractivity contribution in [3.05, 3.63) is 35.9 Å². The van der Waals surface area contributed by atoms with E-state index in [4.69, 9.17) is 0 Å². The van der Waals surface area contributed by atoms with E-state index in [1.54, 1.807) is 0 Å². The lowest BCUT2D eigenvalue weighted by Gasteiger charge is -2.34. The van der Waals surface area contributed by atoms with Crippen LogP contribution in [0.1, 0.15) is 38.7 Å². The van der Waals surface area contributed by atoms with Crippen LogP contribution in [0.2, 0.25) is 0 Å². The highest BCUT2D eigenvalue weighted by molar-refractivity contribution is 5.14. The summed E-state index contributed by atoms with van der Waals surface area (Å²) in [5.41, 5.74) is 1.40. The van der Waals surface area contributed by atoms with Gasteiger partial charge in [0.15, 0.2) is 0 Å². The maximum atomic E-state index is 9.41.